The van der Waals surface area contributed by atoms with E-state index in [0.29, 0.717) is 18.6 Å². The van der Waals surface area contributed by atoms with Gasteiger partial charge in [0.05, 0.1) is 12.6 Å². The number of carbonyl (C=O) groups excluding carboxylic acids is 1. The smallest absolute Gasteiger partial charge is 0.217 e. The molecule has 1 aliphatic heterocycles. The van der Waals surface area contributed by atoms with Crippen LogP contribution in [0.3, 0.4) is 0 Å². The van der Waals surface area contributed by atoms with Gasteiger partial charge in [0, 0.05) is 24.9 Å². The van der Waals surface area contributed by atoms with Crippen molar-refractivity contribution in [2.45, 2.75) is 46.2 Å². The van der Waals surface area contributed by atoms with E-state index in [-0.39, 0.29) is 29.2 Å². The van der Waals surface area contributed by atoms with Crippen molar-refractivity contribution in [2.75, 3.05) is 6.61 Å². The summed E-state index contributed by atoms with van der Waals surface area (Å²) >= 11 is 0. The fraction of sp³-hybridized carbons (Fsp3) is 0.562. The third-order valence-electron chi connectivity index (χ3n) is 3.79. The van der Waals surface area contributed by atoms with Gasteiger partial charge in [-0.3, -0.25) is 4.79 Å². The van der Waals surface area contributed by atoms with Crippen LogP contribution < -0.4 is 15.8 Å². The first kappa shape index (κ1) is 15.8. The molecule has 0 saturated carbocycles. The Hall–Kier alpha value is -1.62. The minimum atomic E-state index is -0.419. The average Bonchev–Trinajstić information content (AvgIpc) is 2.37. The zero-order chi connectivity index (χ0) is 15.8. The third-order valence-corrected chi connectivity index (χ3v) is 3.79. The Morgan fingerprint density at radius 2 is 2.14 bits per heavy atom. The van der Waals surface area contributed by atoms with Crippen molar-refractivity contribution in [3.05, 3.63) is 29.1 Å². The van der Waals surface area contributed by atoms with E-state index in [1.807, 2.05) is 26.8 Å². The second-order valence-electron chi connectivity index (χ2n) is 6.66. The van der Waals surface area contributed by atoms with Gasteiger partial charge >= 0.3 is 0 Å². The van der Waals surface area contributed by atoms with Gasteiger partial charge in [0.15, 0.2) is 11.6 Å². The van der Waals surface area contributed by atoms with E-state index in [2.05, 4.69) is 5.32 Å². The number of ether oxygens (including phenoxy) is 1. The van der Waals surface area contributed by atoms with Gasteiger partial charge in [0.2, 0.25) is 5.91 Å². The minimum Gasteiger partial charge on any atom is -0.490 e. The van der Waals surface area contributed by atoms with Crippen LogP contribution in [0.2, 0.25) is 0 Å². The number of nitrogens with one attached hydrogen (secondary N) is 1. The van der Waals surface area contributed by atoms with Crippen LogP contribution in [0.25, 0.3) is 0 Å². The number of fused-ring (bicyclic) bond motifs is 1. The lowest BCUT2D eigenvalue weighted by atomic mass is 9.82. The van der Waals surface area contributed by atoms with Gasteiger partial charge in [-0.15, -0.1) is 0 Å². The van der Waals surface area contributed by atoms with E-state index >= 15 is 0 Å². The molecule has 116 valence electrons. The van der Waals surface area contributed by atoms with Crippen LogP contribution in [0.15, 0.2) is 12.1 Å². The number of amides is 1. The summed E-state index contributed by atoms with van der Waals surface area (Å²) in [6.07, 6.45) is 0.625. The molecule has 5 heteroatoms. The first-order valence-corrected chi connectivity index (χ1v) is 7.19. The summed E-state index contributed by atoms with van der Waals surface area (Å²) in [5, 5.41) is 2.84. The van der Waals surface area contributed by atoms with Crippen LogP contribution in [-0.4, -0.2) is 12.5 Å². The van der Waals surface area contributed by atoms with Gasteiger partial charge in [-0.25, -0.2) is 4.39 Å². The van der Waals surface area contributed by atoms with Crippen LogP contribution >= 0.6 is 0 Å². The number of carbonyl (C=O) groups is 1. The molecule has 1 heterocycles. The zero-order valence-corrected chi connectivity index (χ0v) is 13.0. The second kappa shape index (κ2) is 5.64. The maximum atomic E-state index is 14.3. The Bertz CT molecular complexity index is 552. The lowest BCUT2D eigenvalue weighted by molar-refractivity contribution is -0.119. The van der Waals surface area contributed by atoms with E-state index in [1.165, 1.54) is 13.0 Å². The Balaban J connectivity index is 2.45. The SMILES string of the molecule is CC(=O)NC1CCOc2c(F)cc(C(N)C(C)(C)C)cc21. The highest BCUT2D eigenvalue weighted by atomic mass is 19.1. The molecule has 1 aromatic carbocycles. The molecule has 1 aliphatic rings. The zero-order valence-electron chi connectivity index (χ0n) is 13.0. The first-order valence-electron chi connectivity index (χ1n) is 7.19. The number of hydrogen-bond donors (Lipinski definition) is 2. The predicted octanol–water partition coefficient (Wildman–Crippen LogP) is 2.83. The van der Waals surface area contributed by atoms with Crippen LogP contribution in [0.1, 0.15) is 57.3 Å². The summed E-state index contributed by atoms with van der Waals surface area (Å²) in [5.74, 6) is -0.333. The average molecular weight is 294 g/mol. The lowest BCUT2D eigenvalue weighted by Crippen LogP contribution is -2.32. The fourth-order valence-corrected chi connectivity index (χ4v) is 2.56. The van der Waals surface area contributed by atoms with Gasteiger partial charge in [-0.2, -0.15) is 0 Å². The normalized spacial score (nSPS) is 19.4. The largest absolute Gasteiger partial charge is 0.490 e. The molecule has 3 N–H and O–H groups in total. The number of hydrogen-bond acceptors (Lipinski definition) is 3. The number of halogens is 1. The molecule has 0 aromatic heterocycles. The van der Waals surface area contributed by atoms with Crippen molar-refractivity contribution in [1.29, 1.82) is 0 Å². The van der Waals surface area contributed by atoms with Gasteiger partial charge in [0.1, 0.15) is 0 Å². The molecule has 1 amide bonds. The number of rotatable bonds is 2. The molecule has 0 aliphatic carbocycles. The highest BCUT2D eigenvalue weighted by Gasteiger charge is 2.29. The number of nitrogens with two attached hydrogens (primary N) is 1. The molecule has 0 spiro atoms. The Morgan fingerprint density at radius 1 is 1.48 bits per heavy atom. The summed E-state index contributed by atoms with van der Waals surface area (Å²) in [6, 6.07) is 2.77. The Kier molecular flexibility index (Phi) is 4.23. The van der Waals surface area contributed by atoms with Crippen molar-refractivity contribution in [3.63, 3.8) is 0 Å². The van der Waals surface area contributed by atoms with Gasteiger partial charge in [0.25, 0.3) is 0 Å². The summed E-state index contributed by atoms with van der Waals surface area (Å²) in [4.78, 5) is 11.3. The van der Waals surface area contributed by atoms with Crippen molar-refractivity contribution < 1.29 is 13.9 Å². The quantitative estimate of drug-likeness (QED) is 0.881. The third kappa shape index (κ3) is 3.35. The van der Waals surface area contributed by atoms with Crippen LogP contribution in [0.5, 0.6) is 5.75 Å². The van der Waals surface area contributed by atoms with Gasteiger partial charge < -0.3 is 15.8 Å². The minimum absolute atomic E-state index is 0.140. The highest BCUT2D eigenvalue weighted by molar-refractivity contribution is 5.73. The van der Waals surface area contributed by atoms with Crippen LogP contribution in [-0.2, 0) is 4.79 Å². The summed E-state index contributed by atoms with van der Waals surface area (Å²) < 4.78 is 19.7. The molecule has 1 aromatic rings. The summed E-state index contributed by atoms with van der Waals surface area (Å²) in [5.41, 5.74) is 7.44. The van der Waals surface area contributed by atoms with Crippen LogP contribution in [0.4, 0.5) is 4.39 Å². The summed E-state index contributed by atoms with van der Waals surface area (Å²) in [6.45, 7) is 7.88. The molecule has 21 heavy (non-hydrogen) atoms. The van der Waals surface area contributed by atoms with Gasteiger partial charge in [-0.05, 0) is 23.1 Å². The topological polar surface area (TPSA) is 64.3 Å². The molecule has 2 unspecified atom stereocenters. The maximum Gasteiger partial charge on any atom is 0.217 e. The Labute approximate surface area is 124 Å². The van der Waals surface area contributed by atoms with E-state index in [4.69, 9.17) is 10.5 Å². The van der Waals surface area contributed by atoms with E-state index in [9.17, 15) is 9.18 Å². The van der Waals surface area contributed by atoms with Crippen molar-refractivity contribution in [1.82, 2.24) is 5.32 Å². The molecular formula is C16H23FN2O2. The van der Waals surface area contributed by atoms with Crippen molar-refractivity contribution in [3.8, 4) is 5.75 Å². The van der Waals surface area contributed by atoms with Gasteiger partial charge in [-0.1, -0.05) is 20.8 Å². The molecule has 2 rings (SSSR count). The highest BCUT2D eigenvalue weighted by Crippen LogP contribution is 2.39. The van der Waals surface area contributed by atoms with E-state index in [1.54, 1.807) is 0 Å². The first-order chi connectivity index (χ1) is 9.70. The molecule has 0 bridgehead atoms. The second-order valence-corrected chi connectivity index (χ2v) is 6.66. The van der Waals surface area contributed by atoms with E-state index in [0.717, 1.165) is 5.56 Å². The molecule has 0 radical (unpaired) electrons. The Morgan fingerprint density at radius 3 is 2.71 bits per heavy atom. The van der Waals surface area contributed by atoms with Crippen molar-refractivity contribution >= 4 is 5.91 Å². The molecule has 0 fully saturated rings. The lowest BCUT2D eigenvalue weighted by Gasteiger charge is -2.31. The predicted molar refractivity (Wildman–Crippen MR) is 79.5 cm³/mol. The summed E-state index contributed by atoms with van der Waals surface area (Å²) in [7, 11) is 0. The maximum absolute atomic E-state index is 14.3. The fourth-order valence-electron chi connectivity index (χ4n) is 2.56. The molecule has 0 saturated heterocycles. The van der Waals surface area contributed by atoms with Crippen molar-refractivity contribution in [2.24, 2.45) is 11.1 Å². The standard InChI is InChI=1S/C16H23FN2O2/c1-9(20)19-13-5-6-21-14-11(13)7-10(8-12(14)17)15(18)16(2,3)4/h7-8,13,15H,5-6,18H2,1-4H3,(H,19,20). The molecular weight excluding hydrogens is 271 g/mol. The molecule has 4 nitrogen and oxygen atoms in total. The molecule has 2 atom stereocenters. The van der Waals surface area contributed by atoms with E-state index < -0.39 is 5.82 Å². The number of benzene rings is 1. The monoisotopic (exact) mass is 294 g/mol. The van der Waals surface area contributed by atoms with Crippen LogP contribution in [0, 0.1) is 11.2 Å².